The van der Waals surface area contributed by atoms with Gasteiger partial charge in [-0.05, 0) is 55.7 Å². The van der Waals surface area contributed by atoms with Crippen LogP contribution in [0.15, 0.2) is 30.3 Å². The lowest BCUT2D eigenvalue weighted by atomic mass is 9.70. The van der Waals surface area contributed by atoms with Crippen molar-refractivity contribution in [3.05, 3.63) is 63.8 Å². The van der Waals surface area contributed by atoms with E-state index >= 15 is 0 Å². The van der Waals surface area contributed by atoms with Crippen LogP contribution >= 0.6 is 0 Å². The van der Waals surface area contributed by atoms with Crippen molar-refractivity contribution in [2.24, 2.45) is 0 Å². The Bertz CT molecular complexity index is 1290. The van der Waals surface area contributed by atoms with Crippen molar-refractivity contribution in [1.82, 2.24) is 4.98 Å². The summed E-state index contributed by atoms with van der Waals surface area (Å²) in [5, 5.41) is 10.1. The van der Waals surface area contributed by atoms with Crippen molar-refractivity contribution >= 4 is 28.2 Å². The van der Waals surface area contributed by atoms with Crippen LogP contribution in [0.2, 0.25) is 0 Å². The summed E-state index contributed by atoms with van der Waals surface area (Å²) in [6.07, 6.45) is 1.31. The van der Waals surface area contributed by atoms with Gasteiger partial charge in [0, 0.05) is 52.8 Å². The Balaban J connectivity index is 1.92. The van der Waals surface area contributed by atoms with Crippen LogP contribution in [-0.4, -0.2) is 29.6 Å². The second-order valence-electron chi connectivity index (χ2n) is 9.11. The summed E-state index contributed by atoms with van der Waals surface area (Å²) in [5.41, 5.74) is 6.53. The molecule has 1 aliphatic rings. The molecule has 0 saturated carbocycles. The minimum absolute atomic E-state index is 0.0262. The first-order valence-electron chi connectivity index (χ1n) is 11.3. The van der Waals surface area contributed by atoms with E-state index in [2.05, 4.69) is 55.8 Å². The van der Waals surface area contributed by atoms with Crippen LogP contribution in [0.4, 0.5) is 5.69 Å². The zero-order valence-corrected chi connectivity index (χ0v) is 19.4. The number of nitrogens with zero attached hydrogens (tertiary/aromatic N) is 2. The highest BCUT2D eigenvalue weighted by atomic mass is 16.1. The Morgan fingerprint density at radius 1 is 1.19 bits per heavy atom. The average Bonchev–Trinajstić information content (AvgIpc) is 3.17. The Hall–Kier alpha value is -3.39. The van der Waals surface area contributed by atoms with Gasteiger partial charge in [0.1, 0.15) is 5.78 Å². The predicted molar refractivity (Wildman–Crippen MR) is 128 cm³/mol. The molecule has 1 aromatic heterocycles. The summed E-state index contributed by atoms with van der Waals surface area (Å²) in [4.78, 5) is 31.0. The summed E-state index contributed by atoms with van der Waals surface area (Å²) in [7, 11) is 0. The van der Waals surface area contributed by atoms with E-state index in [9.17, 15) is 14.9 Å². The van der Waals surface area contributed by atoms with Gasteiger partial charge < -0.3 is 9.88 Å². The smallest absolute Gasteiger partial charge is 0.195 e. The number of H-pyrrole nitrogens is 1. The van der Waals surface area contributed by atoms with E-state index in [-0.39, 0.29) is 11.6 Å². The van der Waals surface area contributed by atoms with Gasteiger partial charge in [-0.15, -0.1) is 0 Å². The Morgan fingerprint density at radius 2 is 1.94 bits per heavy atom. The van der Waals surface area contributed by atoms with Crippen molar-refractivity contribution in [2.75, 3.05) is 18.0 Å². The number of carbonyl (C=O) groups is 2. The van der Waals surface area contributed by atoms with Crippen LogP contribution in [0, 0.1) is 11.3 Å². The number of hydrogen-bond acceptors (Lipinski definition) is 4. The molecular weight excluding hydrogens is 398 g/mol. The monoisotopic (exact) mass is 427 g/mol. The molecule has 1 heterocycles. The van der Waals surface area contributed by atoms with Gasteiger partial charge in [-0.2, -0.15) is 5.26 Å². The van der Waals surface area contributed by atoms with Gasteiger partial charge in [0.2, 0.25) is 0 Å². The molecule has 2 aromatic carbocycles. The summed E-state index contributed by atoms with van der Waals surface area (Å²) in [5.74, 6) is 0.202. The lowest BCUT2D eigenvalue weighted by Gasteiger charge is -2.35. The third-order valence-electron chi connectivity index (χ3n) is 6.75. The molecule has 0 unspecified atom stereocenters. The van der Waals surface area contributed by atoms with Gasteiger partial charge in [0.25, 0.3) is 0 Å². The molecule has 0 aliphatic heterocycles. The summed E-state index contributed by atoms with van der Waals surface area (Å²) >= 11 is 0. The lowest BCUT2D eigenvalue weighted by Crippen LogP contribution is -2.32. The number of anilines is 1. The normalized spacial score (nSPS) is 14.1. The van der Waals surface area contributed by atoms with E-state index in [0.717, 1.165) is 51.9 Å². The Kier molecular flexibility index (Phi) is 5.42. The first-order chi connectivity index (χ1) is 15.2. The van der Waals surface area contributed by atoms with Crippen LogP contribution in [0.5, 0.6) is 0 Å². The lowest BCUT2D eigenvalue weighted by molar-refractivity contribution is -0.116. The zero-order chi connectivity index (χ0) is 23.2. The van der Waals surface area contributed by atoms with Crippen LogP contribution in [-0.2, 0) is 16.6 Å². The van der Waals surface area contributed by atoms with Crippen LogP contribution in [0.3, 0.4) is 0 Å². The number of fused-ring (bicyclic) bond motifs is 4. The van der Waals surface area contributed by atoms with Gasteiger partial charge in [-0.25, -0.2) is 0 Å². The fourth-order valence-corrected chi connectivity index (χ4v) is 4.90. The molecule has 0 spiro atoms. The molecule has 0 amide bonds. The first kappa shape index (κ1) is 21.8. The molecule has 3 aromatic rings. The van der Waals surface area contributed by atoms with Crippen molar-refractivity contribution in [2.45, 2.75) is 52.9 Å². The SMILES string of the molecule is CCc1cc2c(cc1N(CC)CCC(C)=O)C(C)(C)c1[nH]c3cc(C#N)ccc3c1C2=O. The highest BCUT2D eigenvalue weighted by molar-refractivity contribution is 6.20. The third-order valence-corrected chi connectivity index (χ3v) is 6.75. The quantitative estimate of drug-likeness (QED) is 0.581. The number of nitriles is 1. The van der Waals surface area contributed by atoms with Crippen LogP contribution < -0.4 is 4.90 Å². The largest absolute Gasteiger partial charge is 0.371 e. The topological polar surface area (TPSA) is 77.0 Å². The molecule has 0 radical (unpaired) electrons. The number of nitrogens with one attached hydrogen (secondary N) is 1. The summed E-state index contributed by atoms with van der Waals surface area (Å²) in [6.45, 7) is 11.6. The van der Waals surface area contributed by atoms with E-state index < -0.39 is 5.41 Å². The molecule has 5 nitrogen and oxygen atoms in total. The van der Waals surface area contributed by atoms with Gasteiger partial charge in [0.15, 0.2) is 5.78 Å². The second-order valence-corrected chi connectivity index (χ2v) is 9.11. The molecule has 0 bridgehead atoms. The fourth-order valence-electron chi connectivity index (χ4n) is 4.90. The number of benzene rings is 2. The number of carbonyl (C=O) groups excluding carboxylic acids is 2. The molecule has 1 N–H and O–H groups in total. The molecule has 0 atom stereocenters. The highest BCUT2D eigenvalue weighted by Crippen LogP contribution is 2.45. The summed E-state index contributed by atoms with van der Waals surface area (Å²) < 4.78 is 0. The molecule has 164 valence electrons. The molecule has 0 fully saturated rings. The highest BCUT2D eigenvalue weighted by Gasteiger charge is 2.40. The first-order valence-corrected chi connectivity index (χ1v) is 11.3. The molecule has 4 rings (SSSR count). The Labute approximate surface area is 189 Å². The van der Waals surface area contributed by atoms with Gasteiger partial charge in [0.05, 0.1) is 17.2 Å². The molecular formula is C27H29N3O2. The molecule has 0 saturated heterocycles. The number of aryl methyl sites for hydroxylation is 1. The maximum absolute atomic E-state index is 13.7. The standard InChI is InChI=1S/C27H29N3O2/c1-6-18-13-20-21(14-23(18)30(7-2)11-10-16(3)31)27(4,5)26-24(25(20)32)19-9-8-17(15-28)12-22(19)29-26/h8-9,12-14,29H,6-7,10-11H2,1-5H3. The van der Waals surface area contributed by atoms with E-state index in [1.807, 2.05) is 12.1 Å². The maximum Gasteiger partial charge on any atom is 0.195 e. The van der Waals surface area contributed by atoms with E-state index in [0.29, 0.717) is 24.1 Å². The predicted octanol–water partition coefficient (Wildman–Crippen LogP) is 5.28. The van der Waals surface area contributed by atoms with E-state index in [4.69, 9.17) is 0 Å². The van der Waals surface area contributed by atoms with E-state index in [1.54, 1.807) is 13.0 Å². The molecule has 1 aliphatic carbocycles. The number of aromatic amines is 1. The average molecular weight is 428 g/mol. The van der Waals surface area contributed by atoms with Gasteiger partial charge >= 0.3 is 0 Å². The molecule has 32 heavy (non-hydrogen) atoms. The van der Waals surface area contributed by atoms with Gasteiger partial charge in [-0.1, -0.05) is 26.8 Å². The van der Waals surface area contributed by atoms with Crippen LogP contribution in [0.1, 0.15) is 79.3 Å². The maximum atomic E-state index is 13.7. The molecule has 5 heteroatoms. The van der Waals surface area contributed by atoms with Gasteiger partial charge in [-0.3, -0.25) is 9.59 Å². The second kappa shape index (κ2) is 7.94. The third kappa shape index (κ3) is 3.31. The van der Waals surface area contributed by atoms with E-state index in [1.165, 1.54) is 0 Å². The Morgan fingerprint density at radius 3 is 2.56 bits per heavy atom. The van der Waals surface area contributed by atoms with Crippen molar-refractivity contribution < 1.29 is 9.59 Å². The van der Waals surface area contributed by atoms with Crippen molar-refractivity contribution in [1.29, 1.82) is 5.26 Å². The van der Waals surface area contributed by atoms with Crippen LogP contribution in [0.25, 0.3) is 10.9 Å². The number of Topliss-reactive ketones (excluding diaryl/α,β-unsaturated/α-hetero) is 1. The minimum Gasteiger partial charge on any atom is -0.371 e. The number of aromatic nitrogens is 1. The summed E-state index contributed by atoms with van der Waals surface area (Å²) in [6, 6.07) is 11.8. The minimum atomic E-state index is -0.411. The van der Waals surface area contributed by atoms with Crippen molar-refractivity contribution in [3.63, 3.8) is 0 Å². The number of rotatable bonds is 6. The van der Waals surface area contributed by atoms with Crippen molar-refractivity contribution in [3.8, 4) is 6.07 Å². The fraction of sp³-hybridized carbons (Fsp3) is 0.370. The zero-order valence-electron chi connectivity index (χ0n) is 19.4. The number of hydrogen-bond donors (Lipinski definition) is 1. The number of ketones is 2.